The molecule has 3 aromatic carbocycles. The van der Waals surface area contributed by atoms with Crippen LogP contribution in [0.3, 0.4) is 0 Å². The summed E-state index contributed by atoms with van der Waals surface area (Å²) in [6, 6.07) is 11.1. The molecule has 5 aromatic rings. The summed E-state index contributed by atoms with van der Waals surface area (Å²) in [6.07, 6.45) is 12.7. The Balaban J connectivity index is 1.34. The smallest absolute Gasteiger partial charge is 0.297 e. The zero-order valence-corrected chi connectivity index (χ0v) is 26.9. The van der Waals surface area contributed by atoms with E-state index in [4.69, 9.17) is 35.5 Å². The highest BCUT2D eigenvalue weighted by Gasteiger charge is 2.33. The van der Waals surface area contributed by atoms with Crippen LogP contribution in [0.15, 0.2) is 47.4 Å². The van der Waals surface area contributed by atoms with Crippen LogP contribution < -0.4 is 15.0 Å². The second-order valence-corrected chi connectivity index (χ2v) is 13.1. The second-order valence-electron chi connectivity index (χ2n) is 13.1. The van der Waals surface area contributed by atoms with Gasteiger partial charge in [-0.3, -0.25) is 9.78 Å². The molecule has 3 fully saturated rings. The van der Waals surface area contributed by atoms with Gasteiger partial charge in [0.15, 0.2) is 12.0 Å². The lowest BCUT2D eigenvalue weighted by atomic mass is 9.89. The number of rotatable bonds is 9. The maximum Gasteiger partial charge on any atom is 0.297 e. The molecule has 1 saturated carbocycles. The summed E-state index contributed by atoms with van der Waals surface area (Å²) in [4.78, 5) is 21.4. The molecule has 8 rings (SSSR count). The number of hydrogen-bond donors (Lipinski definition) is 1. The monoisotopic (exact) mass is 648 g/mol. The highest BCUT2D eigenvalue weighted by molar-refractivity contribution is 6.04. The quantitative estimate of drug-likeness (QED) is 0.173. The predicted molar refractivity (Wildman–Crippen MR) is 180 cm³/mol. The van der Waals surface area contributed by atoms with E-state index in [9.17, 15) is 4.79 Å². The Labute approximate surface area is 277 Å². The zero-order chi connectivity index (χ0) is 32.8. The first-order valence-corrected chi connectivity index (χ1v) is 16.8. The molecule has 246 valence electrons. The molecule has 4 heterocycles. The maximum absolute atomic E-state index is 16.1. The fraction of sp³-hybridized carbons (Fsp3) is 0.395. The van der Waals surface area contributed by atoms with Gasteiger partial charge in [0, 0.05) is 47.3 Å². The van der Waals surface area contributed by atoms with Gasteiger partial charge >= 0.3 is 0 Å². The summed E-state index contributed by atoms with van der Waals surface area (Å²) in [5.74, 6) is 3.11. The molecular formula is C38H37FN4O5. The highest BCUT2D eigenvalue weighted by Crippen LogP contribution is 2.52. The molecular weight excluding hydrogens is 611 g/mol. The molecule has 2 saturated heterocycles. The van der Waals surface area contributed by atoms with Crippen LogP contribution in [0.2, 0.25) is 0 Å². The molecule has 1 aliphatic carbocycles. The van der Waals surface area contributed by atoms with Crippen LogP contribution in [0, 0.1) is 31.0 Å². The first-order chi connectivity index (χ1) is 23.5. The number of fused-ring (bicyclic) bond motifs is 2. The summed E-state index contributed by atoms with van der Waals surface area (Å²) < 4.78 is 42.2. The van der Waals surface area contributed by atoms with Crippen molar-refractivity contribution in [2.45, 2.75) is 64.2 Å². The third-order valence-corrected chi connectivity index (χ3v) is 9.74. The minimum absolute atomic E-state index is 0.108. The van der Waals surface area contributed by atoms with E-state index in [2.05, 4.69) is 10.9 Å². The average Bonchev–Trinajstić information content (AvgIpc) is 3.66. The lowest BCUT2D eigenvalue weighted by molar-refractivity contribution is -0.0366. The molecule has 48 heavy (non-hydrogen) atoms. The van der Waals surface area contributed by atoms with Crippen molar-refractivity contribution in [3.05, 3.63) is 81.0 Å². The predicted octanol–water partition coefficient (Wildman–Crippen LogP) is 6.94. The molecule has 9 nitrogen and oxygen atoms in total. The molecule has 3 aliphatic rings. The summed E-state index contributed by atoms with van der Waals surface area (Å²) in [7, 11) is 0. The van der Waals surface area contributed by atoms with Gasteiger partial charge in [-0.25, -0.2) is 9.07 Å². The molecule has 0 bridgehead atoms. The standard InChI is InChI=1S/C38H37FN4O5/c1-3-23-7-9-24(10-8-23)20-47-36-34(33-22(2)30(39)17-31-29(33)18-40-43(31)32-6-4-5-14-46-32)27(26-11-12-26)16-28-35(36)41-38(42-37(28)44)48-21-25-13-15-45-19-25/h1,7-10,16-18,25-26,32H,4-6,11-15,19-21H2,2H3,(H,41,42,44)/t25-,32?/m1/s1. The molecule has 10 heteroatoms. The van der Waals surface area contributed by atoms with E-state index < -0.39 is 0 Å². The lowest BCUT2D eigenvalue weighted by Gasteiger charge is -2.24. The molecule has 0 amide bonds. The number of hydrogen-bond acceptors (Lipinski definition) is 7. The maximum atomic E-state index is 16.1. The van der Waals surface area contributed by atoms with Crippen molar-refractivity contribution in [1.29, 1.82) is 0 Å². The first-order valence-electron chi connectivity index (χ1n) is 16.8. The molecule has 2 aromatic heterocycles. The van der Waals surface area contributed by atoms with Gasteiger partial charge in [-0.15, -0.1) is 6.42 Å². The highest BCUT2D eigenvalue weighted by atomic mass is 19.1. The Bertz CT molecular complexity index is 2100. The van der Waals surface area contributed by atoms with Gasteiger partial charge < -0.3 is 18.9 Å². The van der Waals surface area contributed by atoms with Crippen molar-refractivity contribution in [2.24, 2.45) is 5.92 Å². The van der Waals surface area contributed by atoms with E-state index in [0.717, 1.165) is 66.2 Å². The van der Waals surface area contributed by atoms with Crippen LogP contribution in [-0.2, 0) is 16.1 Å². The number of H-pyrrole nitrogens is 1. The third-order valence-electron chi connectivity index (χ3n) is 9.74. The van der Waals surface area contributed by atoms with E-state index in [1.165, 1.54) is 0 Å². The van der Waals surface area contributed by atoms with Crippen LogP contribution >= 0.6 is 0 Å². The van der Waals surface area contributed by atoms with Crippen LogP contribution in [0.5, 0.6) is 11.8 Å². The lowest BCUT2D eigenvalue weighted by Crippen LogP contribution is -2.19. The number of nitrogens with zero attached hydrogens (tertiary/aromatic N) is 3. The van der Waals surface area contributed by atoms with Gasteiger partial charge in [0.2, 0.25) is 0 Å². The van der Waals surface area contributed by atoms with Crippen LogP contribution in [0.4, 0.5) is 4.39 Å². The van der Waals surface area contributed by atoms with Gasteiger partial charge in [0.25, 0.3) is 11.6 Å². The van der Waals surface area contributed by atoms with Gasteiger partial charge in [-0.05, 0) is 86.3 Å². The third kappa shape index (κ3) is 5.71. The van der Waals surface area contributed by atoms with Crippen molar-refractivity contribution >= 4 is 21.8 Å². The summed E-state index contributed by atoms with van der Waals surface area (Å²) in [6.45, 7) is 4.26. The number of halogens is 1. The topological polar surface area (TPSA) is 100 Å². The Kier molecular flexibility index (Phi) is 8.11. The summed E-state index contributed by atoms with van der Waals surface area (Å²) in [5.41, 5.74) is 5.15. The number of benzene rings is 3. The van der Waals surface area contributed by atoms with Crippen molar-refractivity contribution in [1.82, 2.24) is 19.7 Å². The Morgan fingerprint density at radius 2 is 1.92 bits per heavy atom. The van der Waals surface area contributed by atoms with Gasteiger partial charge in [-0.1, -0.05) is 18.1 Å². The first kappa shape index (κ1) is 30.6. The minimum Gasteiger partial charge on any atom is -0.486 e. The molecule has 1 unspecified atom stereocenters. The molecule has 2 aliphatic heterocycles. The summed E-state index contributed by atoms with van der Waals surface area (Å²) in [5, 5.41) is 5.92. The van der Waals surface area contributed by atoms with E-state index in [1.54, 1.807) is 23.9 Å². The minimum atomic E-state index is -0.352. The Hall–Kier alpha value is -4.72. The SMILES string of the molecule is C#Cc1ccc(COc2c(-c3c(C)c(F)cc4c3cnn4C3CCCCO3)c(C3CC3)cc3c(=O)[nH]c(OC[C@@H]4CCOC4)nc23)cc1. The van der Waals surface area contributed by atoms with Crippen LogP contribution in [0.25, 0.3) is 32.9 Å². The van der Waals surface area contributed by atoms with Crippen molar-refractivity contribution in [3.63, 3.8) is 0 Å². The van der Waals surface area contributed by atoms with Gasteiger partial charge in [0.1, 0.15) is 17.9 Å². The number of terminal acetylenes is 1. The zero-order valence-electron chi connectivity index (χ0n) is 26.9. The number of aromatic amines is 1. The molecule has 2 atom stereocenters. The average molecular weight is 649 g/mol. The normalized spacial score (nSPS) is 19.5. The number of nitrogens with one attached hydrogen (secondary N) is 1. The van der Waals surface area contributed by atoms with E-state index in [-0.39, 0.29) is 42.1 Å². The van der Waals surface area contributed by atoms with Crippen LogP contribution in [-0.4, -0.2) is 46.2 Å². The largest absolute Gasteiger partial charge is 0.486 e. The van der Waals surface area contributed by atoms with Crippen LogP contribution in [0.1, 0.15) is 72.9 Å². The van der Waals surface area contributed by atoms with E-state index >= 15 is 4.39 Å². The number of aromatic nitrogens is 4. The Morgan fingerprint density at radius 3 is 2.65 bits per heavy atom. The second kappa shape index (κ2) is 12.7. The molecule has 1 N–H and O–H groups in total. The Morgan fingerprint density at radius 1 is 1.06 bits per heavy atom. The number of ether oxygens (including phenoxy) is 4. The van der Waals surface area contributed by atoms with Gasteiger partial charge in [0.05, 0.1) is 30.3 Å². The van der Waals surface area contributed by atoms with Crippen molar-refractivity contribution < 1.29 is 23.3 Å². The molecule has 0 spiro atoms. The summed E-state index contributed by atoms with van der Waals surface area (Å²) >= 11 is 0. The fourth-order valence-corrected chi connectivity index (χ4v) is 6.92. The fourth-order valence-electron chi connectivity index (χ4n) is 6.92. The van der Waals surface area contributed by atoms with E-state index in [0.29, 0.717) is 59.7 Å². The van der Waals surface area contributed by atoms with Crippen molar-refractivity contribution in [3.8, 4) is 35.2 Å². The molecule has 0 radical (unpaired) electrons. The van der Waals surface area contributed by atoms with Crippen molar-refractivity contribution in [2.75, 3.05) is 26.4 Å². The van der Waals surface area contributed by atoms with E-state index in [1.807, 2.05) is 30.3 Å². The van der Waals surface area contributed by atoms with Gasteiger partial charge in [-0.2, -0.15) is 10.1 Å².